The predicted octanol–water partition coefficient (Wildman–Crippen LogP) is 1.08. The van der Waals surface area contributed by atoms with Gasteiger partial charge in [-0.25, -0.2) is 9.18 Å². The Morgan fingerprint density at radius 1 is 1.41 bits per heavy atom. The summed E-state index contributed by atoms with van der Waals surface area (Å²) < 4.78 is 12.3. The first kappa shape index (κ1) is 13.2. The molecule has 1 rings (SSSR count). The van der Waals surface area contributed by atoms with E-state index in [2.05, 4.69) is 5.32 Å². The second-order valence-electron chi connectivity index (χ2n) is 3.72. The molecular weight excluding hydrogens is 225 g/mol. The minimum absolute atomic E-state index is 0.0520. The monoisotopic (exact) mass is 239 g/mol. The smallest absolute Gasteiger partial charge is 0.328 e. The number of carbonyl (C=O) groups is 2. The van der Waals surface area contributed by atoms with Crippen molar-refractivity contribution < 1.29 is 19.1 Å². The summed E-state index contributed by atoms with van der Waals surface area (Å²) in [5.74, 6) is -1.87. The van der Waals surface area contributed by atoms with Crippen LogP contribution in [0.15, 0.2) is 24.3 Å². The van der Waals surface area contributed by atoms with E-state index in [-0.39, 0.29) is 6.42 Å². The average molecular weight is 239 g/mol. The lowest BCUT2D eigenvalue weighted by Gasteiger charge is -2.11. The molecule has 0 spiro atoms. The van der Waals surface area contributed by atoms with Crippen molar-refractivity contribution in [3.05, 3.63) is 35.4 Å². The lowest BCUT2D eigenvalue weighted by atomic mass is 10.1. The molecule has 1 unspecified atom stereocenters. The maximum Gasteiger partial charge on any atom is 0.328 e. The van der Waals surface area contributed by atoms with E-state index in [4.69, 9.17) is 5.11 Å². The fourth-order valence-corrected chi connectivity index (χ4v) is 1.39. The van der Waals surface area contributed by atoms with Crippen LogP contribution in [0.5, 0.6) is 0 Å². The molecule has 4 nitrogen and oxygen atoms in total. The zero-order chi connectivity index (χ0) is 12.8. The van der Waals surface area contributed by atoms with Crippen molar-refractivity contribution in [3.8, 4) is 0 Å². The summed E-state index contributed by atoms with van der Waals surface area (Å²) >= 11 is 0. The molecule has 5 heteroatoms. The van der Waals surface area contributed by atoms with Gasteiger partial charge in [0.2, 0.25) is 5.91 Å². The number of carboxylic acid groups (broad SMARTS) is 1. The molecule has 92 valence electrons. The van der Waals surface area contributed by atoms with Gasteiger partial charge in [-0.3, -0.25) is 4.79 Å². The van der Waals surface area contributed by atoms with E-state index in [1.54, 1.807) is 12.1 Å². The first-order valence-corrected chi connectivity index (χ1v) is 5.17. The number of rotatable bonds is 5. The number of benzene rings is 1. The van der Waals surface area contributed by atoms with Crippen LogP contribution >= 0.6 is 0 Å². The van der Waals surface area contributed by atoms with Gasteiger partial charge in [-0.2, -0.15) is 0 Å². The zero-order valence-corrected chi connectivity index (χ0v) is 9.44. The first-order chi connectivity index (χ1) is 8.04. The van der Waals surface area contributed by atoms with Gasteiger partial charge in [-0.05, 0) is 18.1 Å². The summed E-state index contributed by atoms with van der Waals surface area (Å²) in [6, 6.07) is 5.80. The van der Waals surface area contributed by atoms with Crippen LogP contribution in [0, 0.1) is 6.92 Å². The van der Waals surface area contributed by atoms with E-state index in [0.717, 1.165) is 11.1 Å². The van der Waals surface area contributed by atoms with Crippen LogP contribution in [0.2, 0.25) is 0 Å². The molecule has 0 saturated heterocycles. The molecule has 0 fully saturated rings. The lowest BCUT2D eigenvalue weighted by Crippen LogP contribution is -2.43. The largest absolute Gasteiger partial charge is 0.480 e. The van der Waals surface area contributed by atoms with E-state index in [0.29, 0.717) is 0 Å². The third-order valence-corrected chi connectivity index (χ3v) is 2.40. The maximum absolute atomic E-state index is 12.3. The Balaban J connectivity index is 2.61. The second-order valence-corrected chi connectivity index (χ2v) is 3.72. The Kier molecular flexibility index (Phi) is 4.63. The number of halogens is 1. The normalized spacial score (nSPS) is 11.9. The Bertz CT molecular complexity index is 420. The van der Waals surface area contributed by atoms with E-state index in [9.17, 15) is 14.0 Å². The molecular formula is C12H14FNO3. The lowest BCUT2D eigenvalue weighted by molar-refractivity contribution is -0.142. The van der Waals surface area contributed by atoms with Gasteiger partial charge < -0.3 is 10.4 Å². The predicted molar refractivity (Wildman–Crippen MR) is 60.4 cm³/mol. The van der Waals surface area contributed by atoms with Crippen molar-refractivity contribution in [2.75, 3.05) is 6.67 Å². The van der Waals surface area contributed by atoms with Crippen molar-refractivity contribution in [1.82, 2.24) is 5.32 Å². The summed E-state index contributed by atoms with van der Waals surface area (Å²) in [7, 11) is 0. The van der Waals surface area contributed by atoms with E-state index in [1.165, 1.54) is 0 Å². The number of alkyl halides is 1. The Morgan fingerprint density at radius 2 is 2.06 bits per heavy atom. The molecule has 0 radical (unpaired) electrons. The Labute approximate surface area is 98.5 Å². The SMILES string of the molecule is Cc1ccccc1CC(=O)NC(CF)C(=O)O. The number of aryl methyl sites for hydroxylation is 1. The molecule has 1 atom stereocenters. The molecule has 0 aliphatic rings. The van der Waals surface area contributed by atoms with Gasteiger partial charge >= 0.3 is 5.97 Å². The van der Waals surface area contributed by atoms with Crippen LogP contribution in [0.25, 0.3) is 0 Å². The molecule has 1 aromatic carbocycles. The van der Waals surface area contributed by atoms with Crippen LogP contribution in [-0.2, 0) is 16.0 Å². The number of carboxylic acids is 1. The zero-order valence-electron chi connectivity index (χ0n) is 9.44. The van der Waals surface area contributed by atoms with Gasteiger partial charge in [-0.1, -0.05) is 24.3 Å². The van der Waals surface area contributed by atoms with Gasteiger partial charge in [0.15, 0.2) is 6.04 Å². The quantitative estimate of drug-likeness (QED) is 0.807. The molecule has 0 aromatic heterocycles. The summed E-state index contributed by atoms with van der Waals surface area (Å²) in [6.07, 6.45) is 0.0520. The molecule has 1 aromatic rings. The minimum Gasteiger partial charge on any atom is -0.480 e. The van der Waals surface area contributed by atoms with Gasteiger partial charge in [0.1, 0.15) is 6.67 Å². The fraction of sp³-hybridized carbons (Fsp3) is 0.333. The van der Waals surface area contributed by atoms with Gasteiger partial charge in [0.25, 0.3) is 0 Å². The second kappa shape index (κ2) is 5.98. The molecule has 0 aliphatic heterocycles. The van der Waals surface area contributed by atoms with Crippen LogP contribution in [0.3, 0.4) is 0 Å². The highest BCUT2D eigenvalue weighted by molar-refractivity contribution is 5.85. The third-order valence-electron chi connectivity index (χ3n) is 2.40. The standard InChI is InChI=1S/C12H14FNO3/c1-8-4-2-3-5-9(8)6-11(15)14-10(7-13)12(16)17/h2-5,10H,6-7H2,1H3,(H,14,15)(H,16,17). The highest BCUT2D eigenvalue weighted by Gasteiger charge is 2.19. The Hall–Kier alpha value is -1.91. The Morgan fingerprint density at radius 3 is 2.59 bits per heavy atom. The molecule has 0 aliphatic carbocycles. The molecule has 2 N–H and O–H groups in total. The molecule has 0 heterocycles. The van der Waals surface area contributed by atoms with Crippen LogP contribution in [0.1, 0.15) is 11.1 Å². The molecule has 17 heavy (non-hydrogen) atoms. The number of hydrogen-bond acceptors (Lipinski definition) is 2. The topological polar surface area (TPSA) is 66.4 Å². The summed E-state index contributed by atoms with van der Waals surface area (Å²) in [5, 5.41) is 10.7. The highest BCUT2D eigenvalue weighted by Crippen LogP contribution is 2.07. The van der Waals surface area contributed by atoms with Gasteiger partial charge in [0, 0.05) is 0 Å². The first-order valence-electron chi connectivity index (χ1n) is 5.17. The van der Waals surface area contributed by atoms with Gasteiger partial charge in [0.05, 0.1) is 6.42 Å². The molecule has 1 amide bonds. The third kappa shape index (κ3) is 3.86. The highest BCUT2D eigenvalue weighted by atomic mass is 19.1. The van der Waals surface area contributed by atoms with Crippen LogP contribution < -0.4 is 5.32 Å². The fourth-order valence-electron chi connectivity index (χ4n) is 1.39. The average Bonchev–Trinajstić information content (AvgIpc) is 2.28. The molecule has 0 bridgehead atoms. The van der Waals surface area contributed by atoms with Crippen LogP contribution in [0.4, 0.5) is 4.39 Å². The van der Waals surface area contributed by atoms with E-state index < -0.39 is 24.6 Å². The van der Waals surface area contributed by atoms with Crippen molar-refractivity contribution in [1.29, 1.82) is 0 Å². The van der Waals surface area contributed by atoms with E-state index in [1.807, 2.05) is 19.1 Å². The number of amides is 1. The van der Waals surface area contributed by atoms with Crippen molar-refractivity contribution in [2.24, 2.45) is 0 Å². The van der Waals surface area contributed by atoms with E-state index >= 15 is 0 Å². The number of carbonyl (C=O) groups excluding carboxylic acids is 1. The molecule has 0 saturated carbocycles. The number of aliphatic carboxylic acids is 1. The van der Waals surface area contributed by atoms with Crippen LogP contribution in [-0.4, -0.2) is 29.7 Å². The maximum atomic E-state index is 12.3. The minimum atomic E-state index is -1.47. The summed E-state index contributed by atoms with van der Waals surface area (Å²) in [6.45, 7) is 0.737. The van der Waals surface area contributed by atoms with Crippen molar-refractivity contribution >= 4 is 11.9 Å². The van der Waals surface area contributed by atoms with Crippen molar-refractivity contribution in [2.45, 2.75) is 19.4 Å². The summed E-state index contributed by atoms with van der Waals surface area (Å²) in [5.41, 5.74) is 1.74. The summed E-state index contributed by atoms with van der Waals surface area (Å²) in [4.78, 5) is 22.0. The van der Waals surface area contributed by atoms with Gasteiger partial charge in [-0.15, -0.1) is 0 Å². The number of hydrogen-bond donors (Lipinski definition) is 2. The van der Waals surface area contributed by atoms with Crippen molar-refractivity contribution in [3.63, 3.8) is 0 Å². The number of nitrogens with one attached hydrogen (secondary N) is 1.